The molecule has 1 saturated heterocycles. The zero-order chi connectivity index (χ0) is 17.8. The predicted octanol–water partition coefficient (Wildman–Crippen LogP) is 1.62. The number of hydrogen-bond acceptors (Lipinski definition) is 4. The predicted molar refractivity (Wildman–Crippen MR) is 96.1 cm³/mol. The number of benzene rings is 1. The molecular formula is C19H26N4O2. The number of aryl methyl sites for hydroxylation is 2. The van der Waals surface area contributed by atoms with Gasteiger partial charge in [0.2, 0.25) is 0 Å². The van der Waals surface area contributed by atoms with Gasteiger partial charge in [0.1, 0.15) is 5.69 Å². The van der Waals surface area contributed by atoms with Crippen molar-refractivity contribution in [1.82, 2.24) is 20.0 Å². The molecule has 0 radical (unpaired) electrons. The summed E-state index contributed by atoms with van der Waals surface area (Å²) in [4.78, 5) is 14.6. The molecule has 2 heterocycles. The second-order valence-corrected chi connectivity index (χ2v) is 6.80. The van der Waals surface area contributed by atoms with Crippen LogP contribution in [0.1, 0.15) is 40.2 Å². The van der Waals surface area contributed by atoms with Crippen molar-refractivity contribution in [2.75, 3.05) is 13.1 Å². The number of nitrogens with one attached hydrogen (secondary N) is 1. The van der Waals surface area contributed by atoms with Crippen LogP contribution >= 0.6 is 0 Å². The highest BCUT2D eigenvalue weighted by Crippen LogP contribution is 2.14. The van der Waals surface area contributed by atoms with Crippen molar-refractivity contribution < 1.29 is 9.90 Å². The van der Waals surface area contributed by atoms with Gasteiger partial charge in [-0.1, -0.05) is 24.3 Å². The molecule has 2 N–H and O–H groups in total. The molecule has 1 fully saturated rings. The van der Waals surface area contributed by atoms with E-state index in [9.17, 15) is 9.90 Å². The van der Waals surface area contributed by atoms with Crippen molar-refractivity contribution in [1.29, 1.82) is 0 Å². The third kappa shape index (κ3) is 4.67. The Morgan fingerprint density at radius 3 is 2.48 bits per heavy atom. The first kappa shape index (κ1) is 17.6. The number of hydrogen-bond donors (Lipinski definition) is 2. The number of amides is 1. The van der Waals surface area contributed by atoms with E-state index >= 15 is 0 Å². The summed E-state index contributed by atoms with van der Waals surface area (Å²) in [5, 5.41) is 16.7. The largest absolute Gasteiger partial charge is 0.393 e. The maximum atomic E-state index is 12.2. The molecule has 2 aromatic rings. The number of rotatable bonds is 5. The van der Waals surface area contributed by atoms with E-state index in [0.717, 1.165) is 43.7 Å². The molecule has 1 aliphatic heterocycles. The number of piperidine rings is 1. The lowest BCUT2D eigenvalue weighted by molar-refractivity contribution is 0.0792. The van der Waals surface area contributed by atoms with Crippen LogP contribution in [0.25, 0.3) is 0 Å². The van der Waals surface area contributed by atoms with Crippen LogP contribution in [0.15, 0.2) is 30.3 Å². The highest BCUT2D eigenvalue weighted by molar-refractivity contribution is 5.92. The van der Waals surface area contributed by atoms with Crippen LogP contribution in [0, 0.1) is 6.92 Å². The second kappa shape index (κ2) is 7.80. The fourth-order valence-corrected chi connectivity index (χ4v) is 3.19. The smallest absolute Gasteiger partial charge is 0.269 e. The van der Waals surface area contributed by atoms with Gasteiger partial charge in [0.25, 0.3) is 5.91 Å². The van der Waals surface area contributed by atoms with Crippen LogP contribution in [-0.4, -0.2) is 44.9 Å². The summed E-state index contributed by atoms with van der Waals surface area (Å²) in [5.74, 6) is -0.112. The summed E-state index contributed by atoms with van der Waals surface area (Å²) in [6.45, 7) is 5.18. The van der Waals surface area contributed by atoms with E-state index in [4.69, 9.17) is 0 Å². The van der Waals surface area contributed by atoms with E-state index in [-0.39, 0.29) is 12.0 Å². The molecule has 6 nitrogen and oxygen atoms in total. The SMILES string of the molecule is Cc1cc(C(=O)NCc2ccc(CN3CCC(O)CC3)cc2)n(C)n1. The molecule has 25 heavy (non-hydrogen) atoms. The van der Waals surface area contributed by atoms with Gasteiger partial charge >= 0.3 is 0 Å². The molecule has 1 amide bonds. The molecule has 0 bridgehead atoms. The minimum Gasteiger partial charge on any atom is -0.393 e. The van der Waals surface area contributed by atoms with Crippen molar-refractivity contribution in [3.05, 3.63) is 52.8 Å². The Hall–Kier alpha value is -2.18. The van der Waals surface area contributed by atoms with Crippen molar-refractivity contribution in [2.24, 2.45) is 7.05 Å². The molecule has 1 aliphatic rings. The quantitative estimate of drug-likeness (QED) is 0.866. The van der Waals surface area contributed by atoms with E-state index in [0.29, 0.717) is 12.2 Å². The van der Waals surface area contributed by atoms with Crippen LogP contribution in [0.4, 0.5) is 0 Å². The molecule has 0 spiro atoms. The van der Waals surface area contributed by atoms with Gasteiger partial charge in [0, 0.05) is 33.2 Å². The van der Waals surface area contributed by atoms with Gasteiger partial charge < -0.3 is 10.4 Å². The number of aromatic nitrogens is 2. The first-order chi connectivity index (χ1) is 12.0. The molecule has 0 aliphatic carbocycles. The molecule has 0 atom stereocenters. The first-order valence-electron chi connectivity index (χ1n) is 8.78. The summed E-state index contributed by atoms with van der Waals surface area (Å²) < 4.78 is 1.60. The van der Waals surface area contributed by atoms with Gasteiger partial charge in [-0.3, -0.25) is 14.4 Å². The second-order valence-electron chi connectivity index (χ2n) is 6.80. The van der Waals surface area contributed by atoms with Gasteiger partial charge in [-0.05, 0) is 37.0 Å². The molecule has 134 valence electrons. The molecule has 1 aromatic carbocycles. The standard InChI is InChI=1S/C19H26N4O2/c1-14-11-18(22(2)21-14)19(25)20-12-15-3-5-16(6-4-15)13-23-9-7-17(24)8-10-23/h3-6,11,17,24H,7-10,12-13H2,1-2H3,(H,20,25). The number of nitrogens with zero attached hydrogens (tertiary/aromatic N) is 3. The monoisotopic (exact) mass is 342 g/mol. The van der Waals surface area contributed by atoms with Gasteiger partial charge in [0.05, 0.1) is 11.8 Å². The fraction of sp³-hybridized carbons (Fsp3) is 0.474. The Morgan fingerprint density at radius 2 is 1.88 bits per heavy atom. The van der Waals surface area contributed by atoms with Gasteiger partial charge in [-0.2, -0.15) is 5.10 Å². The maximum Gasteiger partial charge on any atom is 0.269 e. The Bertz CT molecular complexity index is 716. The molecule has 0 unspecified atom stereocenters. The van der Waals surface area contributed by atoms with Crippen LogP contribution in [-0.2, 0) is 20.1 Å². The molecular weight excluding hydrogens is 316 g/mol. The summed E-state index contributed by atoms with van der Waals surface area (Å²) in [6, 6.07) is 10.1. The molecule has 6 heteroatoms. The minimum absolute atomic E-state index is 0.112. The van der Waals surface area contributed by atoms with Crippen LogP contribution in [0.2, 0.25) is 0 Å². The van der Waals surface area contributed by atoms with Crippen LogP contribution in [0.5, 0.6) is 0 Å². The van der Waals surface area contributed by atoms with Crippen LogP contribution < -0.4 is 5.32 Å². The highest BCUT2D eigenvalue weighted by Gasteiger charge is 2.16. The fourth-order valence-electron chi connectivity index (χ4n) is 3.19. The first-order valence-corrected chi connectivity index (χ1v) is 8.78. The van der Waals surface area contributed by atoms with E-state index in [1.807, 2.05) is 6.92 Å². The average Bonchev–Trinajstić information content (AvgIpc) is 2.94. The minimum atomic E-state index is -0.134. The van der Waals surface area contributed by atoms with Gasteiger partial charge in [-0.25, -0.2) is 0 Å². The topological polar surface area (TPSA) is 70.4 Å². The van der Waals surface area contributed by atoms with E-state index in [2.05, 4.69) is 39.6 Å². The number of aliphatic hydroxyl groups is 1. The molecule has 3 rings (SSSR count). The number of likely N-dealkylation sites (tertiary alicyclic amines) is 1. The summed E-state index contributed by atoms with van der Waals surface area (Å²) in [6.07, 6.45) is 1.58. The molecule has 1 aromatic heterocycles. The third-order valence-electron chi connectivity index (χ3n) is 4.67. The van der Waals surface area contributed by atoms with Crippen molar-refractivity contribution in [3.8, 4) is 0 Å². The number of carbonyl (C=O) groups excluding carboxylic acids is 1. The summed E-state index contributed by atoms with van der Waals surface area (Å²) in [5.41, 5.74) is 3.74. The lowest BCUT2D eigenvalue weighted by Crippen LogP contribution is -2.35. The van der Waals surface area contributed by atoms with E-state index in [1.54, 1.807) is 17.8 Å². The summed E-state index contributed by atoms with van der Waals surface area (Å²) >= 11 is 0. The Labute approximate surface area is 148 Å². The van der Waals surface area contributed by atoms with Gasteiger partial charge in [-0.15, -0.1) is 0 Å². The number of aliphatic hydroxyl groups excluding tert-OH is 1. The molecule has 0 saturated carbocycles. The Morgan fingerprint density at radius 1 is 1.24 bits per heavy atom. The van der Waals surface area contributed by atoms with Gasteiger partial charge in [0.15, 0.2) is 0 Å². The zero-order valence-electron chi connectivity index (χ0n) is 14.9. The Kier molecular flexibility index (Phi) is 5.50. The van der Waals surface area contributed by atoms with Crippen LogP contribution in [0.3, 0.4) is 0 Å². The normalized spacial score (nSPS) is 16.1. The lowest BCUT2D eigenvalue weighted by atomic mass is 10.1. The maximum absolute atomic E-state index is 12.2. The van der Waals surface area contributed by atoms with Crippen molar-refractivity contribution >= 4 is 5.91 Å². The average molecular weight is 342 g/mol. The van der Waals surface area contributed by atoms with E-state index < -0.39 is 0 Å². The number of carbonyl (C=O) groups is 1. The highest BCUT2D eigenvalue weighted by atomic mass is 16.3. The van der Waals surface area contributed by atoms with E-state index in [1.165, 1.54) is 5.56 Å². The van der Waals surface area contributed by atoms with Crippen molar-refractivity contribution in [2.45, 2.75) is 39.0 Å². The van der Waals surface area contributed by atoms with Crippen molar-refractivity contribution in [3.63, 3.8) is 0 Å². The Balaban J connectivity index is 1.50. The lowest BCUT2D eigenvalue weighted by Gasteiger charge is -2.29. The third-order valence-corrected chi connectivity index (χ3v) is 4.67. The zero-order valence-corrected chi connectivity index (χ0v) is 14.9. The summed E-state index contributed by atoms with van der Waals surface area (Å²) in [7, 11) is 1.77.